The summed E-state index contributed by atoms with van der Waals surface area (Å²) in [5, 5.41) is 7.62. The maximum absolute atomic E-state index is 5.45. The van der Waals surface area contributed by atoms with Gasteiger partial charge in [0.25, 0.3) is 0 Å². The summed E-state index contributed by atoms with van der Waals surface area (Å²) in [6.45, 7) is 11.9. The van der Waals surface area contributed by atoms with Crippen LogP contribution in [0.3, 0.4) is 0 Å². The molecule has 1 aromatic rings. The predicted octanol–water partition coefficient (Wildman–Crippen LogP) is 2.19. The SMILES string of the molecule is CCCNCc1noc2c1CN(CC(C)C)CC2. The number of nitrogens with zero attached hydrogens (tertiary/aromatic N) is 2. The minimum Gasteiger partial charge on any atom is -0.361 e. The van der Waals surface area contributed by atoms with E-state index in [1.165, 1.54) is 5.56 Å². The number of hydrogen-bond acceptors (Lipinski definition) is 4. The Labute approximate surface area is 110 Å². The van der Waals surface area contributed by atoms with Gasteiger partial charge in [-0.3, -0.25) is 4.90 Å². The molecule has 0 bridgehead atoms. The molecule has 0 aliphatic carbocycles. The lowest BCUT2D eigenvalue weighted by molar-refractivity contribution is 0.213. The first kappa shape index (κ1) is 13.6. The topological polar surface area (TPSA) is 41.3 Å². The van der Waals surface area contributed by atoms with Crippen LogP contribution < -0.4 is 5.32 Å². The van der Waals surface area contributed by atoms with E-state index in [0.717, 1.165) is 57.0 Å². The van der Waals surface area contributed by atoms with Gasteiger partial charge in [-0.2, -0.15) is 0 Å². The standard InChI is InChI=1S/C14H25N3O/c1-4-6-15-8-13-12-10-17(9-11(2)3)7-5-14(12)18-16-13/h11,15H,4-10H2,1-3H3. The third-order valence-corrected chi connectivity index (χ3v) is 3.33. The molecule has 1 aromatic heterocycles. The smallest absolute Gasteiger partial charge is 0.142 e. The Bertz CT molecular complexity index is 373. The highest BCUT2D eigenvalue weighted by Gasteiger charge is 2.23. The molecule has 2 heterocycles. The molecule has 0 amide bonds. The fourth-order valence-electron chi connectivity index (χ4n) is 2.51. The van der Waals surface area contributed by atoms with Crippen molar-refractivity contribution < 1.29 is 4.52 Å². The average Bonchev–Trinajstić information content (AvgIpc) is 2.72. The molecule has 1 N–H and O–H groups in total. The van der Waals surface area contributed by atoms with Crippen LogP contribution >= 0.6 is 0 Å². The summed E-state index contributed by atoms with van der Waals surface area (Å²) in [5.74, 6) is 1.82. The fraction of sp³-hybridized carbons (Fsp3) is 0.786. The molecule has 0 saturated heterocycles. The van der Waals surface area contributed by atoms with Gasteiger partial charge in [0.1, 0.15) is 11.5 Å². The van der Waals surface area contributed by atoms with Gasteiger partial charge in [0.2, 0.25) is 0 Å². The highest BCUT2D eigenvalue weighted by Crippen LogP contribution is 2.22. The molecule has 0 radical (unpaired) electrons. The molecular formula is C14H25N3O. The fourth-order valence-corrected chi connectivity index (χ4v) is 2.51. The van der Waals surface area contributed by atoms with Gasteiger partial charge in [-0.15, -0.1) is 0 Å². The largest absolute Gasteiger partial charge is 0.361 e. The average molecular weight is 251 g/mol. The maximum Gasteiger partial charge on any atom is 0.142 e. The van der Waals surface area contributed by atoms with E-state index in [-0.39, 0.29) is 0 Å². The molecule has 1 aliphatic rings. The molecule has 1 aliphatic heterocycles. The minimum absolute atomic E-state index is 0.716. The first-order valence-corrected chi connectivity index (χ1v) is 7.10. The van der Waals surface area contributed by atoms with E-state index in [1.54, 1.807) is 0 Å². The van der Waals surface area contributed by atoms with Crippen LogP contribution in [0.25, 0.3) is 0 Å². The molecule has 0 fully saturated rings. The van der Waals surface area contributed by atoms with E-state index in [0.29, 0.717) is 5.92 Å². The number of rotatable bonds is 6. The van der Waals surface area contributed by atoms with Crippen molar-refractivity contribution in [2.24, 2.45) is 5.92 Å². The first-order valence-electron chi connectivity index (χ1n) is 7.10. The van der Waals surface area contributed by atoms with Crippen molar-refractivity contribution in [3.8, 4) is 0 Å². The quantitative estimate of drug-likeness (QED) is 0.787. The van der Waals surface area contributed by atoms with Crippen LogP contribution in [0.5, 0.6) is 0 Å². The van der Waals surface area contributed by atoms with Crippen molar-refractivity contribution in [1.29, 1.82) is 0 Å². The zero-order valence-corrected chi connectivity index (χ0v) is 11.8. The van der Waals surface area contributed by atoms with E-state index >= 15 is 0 Å². The predicted molar refractivity (Wildman–Crippen MR) is 72.3 cm³/mol. The van der Waals surface area contributed by atoms with E-state index in [1.807, 2.05) is 0 Å². The Kier molecular flexibility index (Phi) is 4.78. The van der Waals surface area contributed by atoms with E-state index in [9.17, 15) is 0 Å². The lowest BCUT2D eigenvalue weighted by Crippen LogP contribution is -2.33. The van der Waals surface area contributed by atoms with Crippen LogP contribution in [0.4, 0.5) is 0 Å². The van der Waals surface area contributed by atoms with Crippen molar-refractivity contribution in [2.75, 3.05) is 19.6 Å². The van der Waals surface area contributed by atoms with Crippen LogP contribution in [0.2, 0.25) is 0 Å². The highest BCUT2D eigenvalue weighted by atomic mass is 16.5. The number of hydrogen-bond donors (Lipinski definition) is 1. The molecule has 18 heavy (non-hydrogen) atoms. The number of nitrogens with one attached hydrogen (secondary N) is 1. The Morgan fingerprint density at radius 2 is 2.28 bits per heavy atom. The Morgan fingerprint density at radius 3 is 3.00 bits per heavy atom. The van der Waals surface area contributed by atoms with Crippen LogP contribution in [0.1, 0.15) is 44.2 Å². The third-order valence-electron chi connectivity index (χ3n) is 3.33. The normalized spacial score (nSPS) is 16.2. The summed E-state index contributed by atoms with van der Waals surface area (Å²) in [5.41, 5.74) is 2.43. The van der Waals surface area contributed by atoms with Gasteiger partial charge in [0.05, 0.1) is 0 Å². The van der Waals surface area contributed by atoms with E-state index < -0.39 is 0 Å². The lowest BCUT2D eigenvalue weighted by atomic mass is 10.0. The zero-order chi connectivity index (χ0) is 13.0. The second kappa shape index (κ2) is 6.34. The Morgan fingerprint density at radius 1 is 1.44 bits per heavy atom. The van der Waals surface area contributed by atoms with Gasteiger partial charge in [-0.1, -0.05) is 25.9 Å². The summed E-state index contributed by atoms with van der Waals surface area (Å²) in [4.78, 5) is 2.51. The highest BCUT2D eigenvalue weighted by molar-refractivity contribution is 5.25. The molecule has 0 spiro atoms. The van der Waals surface area contributed by atoms with Gasteiger partial charge in [0, 0.05) is 38.2 Å². The molecule has 0 atom stereocenters. The summed E-state index contributed by atoms with van der Waals surface area (Å²) >= 11 is 0. The molecule has 2 rings (SSSR count). The van der Waals surface area contributed by atoms with Crippen molar-refractivity contribution in [1.82, 2.24) is 15.4 Å². The van der Waals surface area contributed by atoms with Crippen LogP contribution in [0.15, 0.2) is 4.52 Å². The Hall–Kier alpha value is -0.870. The monoisotopic (exact) mass is 251 g/mol. The van der Waals surface area contributed by atoms with E-state index in [4.69, 9.17) is 4.52 Å². The summed E-state index contributed by atoms with van der Waals surface area (Å²) < 4.78 is 5.45. The zero-order valence-electron chi connectivity index (χ0n) is 11.8. The molecule has 4 heteroatoms. The molecule has 4 nitrogen and oxygen atoms in total. The number of aromatic nitrogens is 1. The molecule has 102 valence electrons. The van der Waals surface area contributed by atoms with Crippen LogP contribution in [0, 0.1) is 5.92 Å². The summed E-state index contributed by atoms with van der Waals surface area (Å²) in [7, 11) is 0. The molecule has 0 aromatic carbocycles. The minimum atomic E-state index is 0.716. The van der Waals surface area contributed by atoms with Gasteiger partial charge in [-0.25, -0.2) is 0 Å². The van der Waals surface area contributed by atoms with Crippen LogP contribution in [-0.2, 0) is 19.5 Å². The third kappa shape index (κ3) is 3.33. The van der Waals surface area contributed by atoms with Crippen molar-refractivity contribution in [3.05, 3.63) is 17.0 Å². The Balaban J connectivity index is 1.98. The van der Waals surface area contributed by atoms with E-state index in [2.05, 4.69) is 36.1 Å². The van der Waals surface area contributed by atoms with Crippen molar-refractivity contribution in [3.63, 3.8) is 0 Å². The van der Waals surface area contributed by atoms with Gasteiger partial charge in [-0.05, 0) is 18.9 Å². The molecule has 0 saturated carbocycles. The number of fused-ring (bicyclic) bond motifs is 1. The second-order valence-electron chi connectivity index (χ2n) is 5.59. The lowest BCUT2D eigenvalue weighted by Gasteiger charge is -2.27. The summed E-state index contributed by atoms with van der Waals surface area (Å²) in [6.07, 6.45) is 2.16. The molecular weight excluding hydrogens is 226 g/mol. The van der Waals surface area contributed by atoms with Crippen molar-refractivity contribution in [2.45, 2.75) is 46.7 Å². The van der Waals surface area contributed by atoms with Crippen LogP contribution in [-0.4, -0.2) is 29.7 Å². The maximum atomic E-state index is 5.45. The van der Waals surface area contributed by atoms with Gasteiger partial charge < -0.3 is 9.84 Å². The summed E-state index contributed by atoms with van der Waals surface area (Å²) in [6, 6.07) is 0. The second-order valence-corrected chi connectivity index (χ2v) is 5.59. The van der Waals surface area contributed by atoms with Gasteiger partial charge in [0.15, 0.2) is 0 Å². The molecule has 0 unspecified atom stereocenters. The van der Waals surface area contributed by atoms with Crippen molar-refractivity contribution >= 4 is 0 Å². The van der Waals surface area contributed by atoms with Gasteiger partial charge >= 0.3 is 0 Å². The first-order chi connectivity index (χ1) is 8.70.